The van der Waals surface area contributed by atoms with E-state index in [1.807, 2.05) is 20.9 Å². The Bertz CT molecular complexity index is 245. The molecule has 0 aliphatic carbocycles. The van der Waals surface area contributed by atoms with Crippen LogP contribution in [0.2, 0.25) is 0 Å². The molecule has 0 aliphatic heterocycles. The lowest BCUT2D eigenvalue weighted by atomic mass is 10.2. The molecule has 0 radical (unpaired) electrons. The molecule has 0 unspecified atom stereocenters. The van der Waals surface area contributed by atoms with Crippen LogP contribution in [0.25, 0.3) is 0 Å². The smallest absolute Gasteiger partial charge is 0.135 e. The van der Waals surface area contributed by atoms with E-state index in [4.69, 9.17) is 0 Å². The Morgan fingerprint density at radius 1 is 1.00 bits per heavy atom. The van der Waals surface area contributed by atoms with E-state index in [9.17, 15) is 4.79 Å². The number of carbonyl (C=O) groups excluding carboxylic acids is 1. The molecule has 0 saturated carbocycles. The van der Waals surface area contributed by atoms with Gasteiger partial charge in [-0.05, 0) is 45.8 Å². The minimum Gasteiger partial charge on any atom is -0.378 e. The van der Waals surface area contributed by atoms with Crippen LogP contribution in [0.15, 0.2) is 12.3 Å². The third-order valence-electron chi connectivity index (χ3n) is 3.04. The van der Waals surface area contributed by atoms with Crippen LogP contribution in [0, 0.1) is 0 Å². The molecule has 3 nitrogen and oxygen atoms in total. The molecule has 0 heterocycles. The Balaban J connectivity index is 0. The Hall–Kier alpha value is -0.830. The van der Waals surface area contributed by atoms with Crippen molar-refractivity contribution in [2.24, 2.45) is 0 Å². The zero-order chi connectivity index (χ0) is 16.0. The van der Waals surface area contributed by atoms with Crippen molar-refractivity contribution in [1.82, 2.24) is 9.80 Å². The number of carbonyl (C=O) groups is 1. The van der Waals surface area contributed by atoms with Crippen molar-refractivity contribution < 1.29 is 4.79 Å². The lowest BCUT2D eigenvalue weighted by Gasteiger charge is -2.25. The molecule has 0 aliphatic rings. The number of allylic oxidation sites excluding steroid dienone is 1. The van der Waals surface area contributed by atoms with Crippen LogP contribution < -0.4 is 0 Å². The second kappa shape index (κ2) is 14.6. The highest BCUT2D eigenvalue weighted by atomic mass is 16.1. The van der Waals surface area contributed by atoms with Gasteiger partial charge in [0.25, 0.3) is 0 Å². The quantitative estimate of drug-likeness (QED) is 0.574. The summed E-state index contributed by atoms with van der Waals surface area (Å²) in [6, 6.07) is 0. The highest BCUT2D eigenvalue weighted by molar-refractivity contribution is 5.77. The molecule has 20 heavy (non-hydrogen) atoms. The van der Waals surface area contributed by atoms with E-state index in [1.54, 1.807) is 6.92 Å². The van der Waals surface area contributed by atoms with E-state index in [1.165, 1.54) is 25.9 Å². The van der Waals surface area contributed by atoms with Gasteiger partial charge in [0.15, 0.2) is 0 Å². The van der Waals surface area contributed by atoms with Gasteiger partial charge in [0.1, 0.15) is 5.78 Å². The van der Waals surface area contributed by atoms with E-state index in [0.717, 1.165) is 25.2 Å². The van der Waals surface area contributed by atoms with Gasteiger partial charge in [-0.2, -0.15) is 0 Å². The number of hydrogen-bond acceptors (Lipinski definition) is 3. The first-order chi connectivity index (χ1) is 9.51. The third kappa shape index (κ3) is 12.2. The van der Waals surface area contributed by atoms with Gasteiger partial charge in [-0.15, -0.1) is 0 Å². The van der Waals surface area contributed by atoms with E-state index in [0.29, 0.717) is 6.42 Å². The Kier molecular flexibility index (Phi) is 15.6. The number of Topliss-reactive ketones (excluding diaryl/α,β-unsaturated/α-hetero) is 1. The van der Waals surface area contributed by atoms with Gasteiger partial charge in [-0.25, -0.2) is 0 Å². The number of ketones is 1. The highest BCUT2D eigenvalue weighted by Crippen LogP contribution is 2.06. The van der Waals surface area contributed by atoms with Crippen molar-refractivity contribution in [2.75, 3.05) is 33.2 Å². The van der Waals surface area contributed by atoms with Crippen LogP contribution in [-0.2, 0) is 4.79 Å². The molecule has 0 fully saturated rings. The summed E-state index contributed by atoms with van der Waals surface area (Å²) in [5.74, 6) is 0.186. The molecule has 120 valence electrons. The molecule has 0 N–H and O–H groups in total. The zero-order valence-electron chi connectivity index (χ0n) is 14.7. The summed E-state index contributed by atoms with van der Waals surface area (Å²) in [4.78, 5) is 15.6. The molecule has 0 atom stereocenters. The third-order valence-corrected chi connectivity index (χ3v) is 3.04. The van der Waals surface area contributed by atoms with E-state index >= 15 is 0 Å². The number of rotatable bonds is 11. The summed E-state index contributed by atoms with van der Waals surface area (Å²) in [5.41, 5.74) is 0.931. The SMILES string of the molecule is C=C(CC(C)=O)N(C)CCCN(CCC)CCC.CC. The second-order valence-corrected chi connectivity index (χ2v) is 5.06. The molecular formula is C17H36N2O. The molecule has 0 aromatic heterocycles. The molecule has 3 heteroatoms. The lowest BCUT2D eigenvalue weighted by Crippen LogP contribution is -2.29. The Labute approximate surface area is 127 Å². The maximum atomic E-state index is 11.0. The second-order valence-electron chi connectivity index (χ2n) is 5.06. The first-order valence-electron chi connectivity index (χ1n) is 8.11. The summed E-state index contributed by atoms with van der Waals surface area (Å²) < 4.78 is 0. The van der Waals surface area contributed by atoms with Crippen molar-refractivity contribution in [3.63, 3.8) is 0 Å². The van der Waals surface area contributed by atoms with Gasteiger partial charge in [0, 0.05) is 25.7 Å². The molecule has 0 aromatic carbocycles. The van der Waals surface area contributed by atoms with Crippen molar-refractivity contribution in [1.29, 1.82) is 0 Å². The van der Waals surface area contributed by atoms with E-state index in [-0.39, 0.29) is 5.78 Å². The summed E-state index contributed by atoms with van der Waals surface area (Å²) in [5, 5.41) is 0. The Morgan fingerprint density at radius 3 is 1.90 bits per heavy atom. The van der Waals surface area contributed by atoms with Gasteiger partial charge in [-0.1, -0.05) is 34.3 Å². The van der Waals surface area contributed by atoms with Gasteiger partial charge in [0.05, 0.1) is 0 Å². The highest BCUT2D eigenvalue weighted by Gasteiger charge is 2.06. The first kappa shape index (κ1) is 21.5. The van der Waals surface area contributed by atoms with Crippen molar-refractivity contribution in [3.8, 4) is 0 Å². The topological polar surface area (TPSA) is 23.6 Å². The largest absolute Gasteiger partial charge is 0.378 e. The Morgan fingerprint density at radius 2 is 1.50 bits per heavy atom. The summed E-state index contributed by atoms with van der Waals surface area (Å²) in [7, 11) is 2.02. The van der Waals surface area contributed by atoms with E-state index < -0.39 is 0 Å². The van der Waals surface area contributed by atoms with Gasteiger partial charge < -0.3 is 9.80 Å². The fourth-order valence-corrected chi connectivity index (χ4v) is 2.08. The van der Waals surface area contributed by atoms with Gasteiger partial charge in [-0.3, -0.25) is 4.79 Å². The summed E-state index contributed by atoms with van der Waals surface area (Å²) in [6.45, 7) is 18.5. The minimum atomic E-state index is 0.186. The van der Waals surface area contributed by atoms with Crippen LogP contribution in [0.1, 0.15) is 60.3 Å². The van der Waals surface area contributed by atoms with Crippen molar-refractivity contribution in [3.05, 3.63) is 12.3 Å². The van der Waals surface area contributed by atoms with Crippen molar-refractivity contribution >= 4 is 5.78 Å². The predicted molar refractivity (Wildman–Crippen MR) is 90.1 cm³/mol. The maximum absolute atomic E-state index is 11.0. The van der Waals surface area contributed by atoms with E-state index in [2.05, 4.69) is 30.2 Å². The first-order valence-corrected chi connectivity index (χ1v) is 8.11. The molecule has 0 rings (SSSR count). The predicted octanol–water partition coefficient (Wildman–Crippen LogP) is 3.95. The molecule has 0 spiro atoms. The van der Waals surface area contributed by atoms with Crippen LogP contribution in [0.5, 0.6) is 0 Å². The number of nitrogens with zero attached hydrogens (tertiary/aromatic N) is 2. The molecule has 0 amide bonds. The maximum Gasteiger partial charge on any atom is 0.135 e. The van der Waals surface area contributed by atoms with Crippen LogP contribution in [-0.4, -0.2) is 48.8 Å². The number of hydrogen-bond donors (Lipinski definition) is 0. The molecule has 0 bridgehead atoms. The molecular weight excluding hydrogens is 248 g/mol. The standard InChI is InChI=1S/C15H30N2O.C2H6/c1-6-9-17(10-7-2)12-8-11-16(5)14(3)13-15(4)18;1-2/h3,6-13H2,1-2,4-5H3;1-2H3. The average Bonchev–Trinajstić information content (AvgIpc) is 2.40. The van der Waals surface area contributed by atoms with Gasteiger partial charge >= 0.3 is 0 Å². The van der Waals surface area contributed by atoms with Crippen LogP contribution >= 0.6 is 0 Å². The van der Waals surface area contributed by atoms with Gasteiger partial charge in [0.2, 0.25) is 0 Å². The fraction of sp³-hybridized carbons (Fsp3) is 0.824. The van der Waals surface area contributed by atoms with Crippen molar-refractivity contribution in [2.45, 2.75) is 60.3 Å². The summed E-state index contributed by atoms with van der Waals surface area (Å²) >= 11 is 0. The normalized spacial score (nSPS) is 9.95. The van der Waals surface area contributed by atoms with Crippen LogP contribution in [0.4, 0.5) is 0 Å². The molecule has 0 saturated heterocycles. The average molecular weight is 284 g/mol. The molecule has 0 aromatic rings. The minimum absolute atomic E-state index is 0.186. The lowest BCUT2D eigenvalue weighted by molar-refractivity contribution is -0.116. The monoisotopic (exact) mass is 284 g/mol. The fourth-order valence-electron chi connectivity index (χ4n) is 2.08. The zero-order valence-corrected chi connectivity index (χ0v) is 14.7. The summed E-state index contributed by atoms with van der Waals surface area (Å²) in [6.07, 6.45) is 4.04. The van der Waals surface area contributed by atoms with Crippen LogP contribution in [0.3, 0.4) is 0 Å².